The van der Waals surface area contributed by atoms with Crippen molar-refractivity contribution >= 4 is 28.7 Å². The monoisotopic (exact) mass is 386 g/mol. The van der Waals surface area contributed by atoms with Crippen LogP contribution >= 0.6 is 22.6 Å². The summed E-state index contributed by atoms with van der Waals surface area (Å²) < 4.78 is 5.65. The van der Waals surface area contributed by atoms with Crippen LogP contribution in [-0.4, -0.2) is 39.4 Å². The van der Waals surface area contributed by atoms with Gasteiger partial charge in [0, 0.05) is 10.5 Å². The van der Waals surface area contributed by atoms with Gasteiger partial charge in [-0.1, -0.05) is 36.4 Å². The number of aliphatic hydroxyl groups is 1. The molecule has 5 nitrogen and oxygen atoms in total. The van der Waals surface area contributed by atoms with E-state index in [9.17, 15) is 9.90 Å². The number of nitrogens with two attached hydrogens (primary N) is 1. The minimum Gasteiger partial charge on any atom is -0.444 e. The molecular weight excluding hydrogens is 359 g/mol. The van der Waals surface area contributed by atoms with Gasteiger partial charge in [-0.3, -0.25) is 0 Å². The average Bonchev–Trinajstić information content (AvgIpc) is 2.24. The summed E-state index contributed by atoms with van der Waals surface area (Å²) in [7, 11) is 0. The second-order valence-corrected chi connectivity index (χ2v) is 7.91. The Morgan fingerprint density at radius 3 is 2.32 bits per heavy atom. The molecule has 0 saturated heterocycles. The molecule has 0 aliphatic heterocycles. The molecule has 4 N–H and O–H groups in total. The van der Waals surface area contributed by atoms with Gasteiger partial charge in [0.1, 0.15) is 5.60 Å². The molecule has 0 saturated carbocycles. The number of hydrogen-bond donors (Lipinski definition) is 3. The maximum Gasteiger partial charge on any atom is 0.407 e. The van der Waals surface area contributed by atoms with Crippen molar-refractivity contribution in [1.29, 1.82) is 0 Å². The Balaban J connectivity index is 4.56. The Bertz CT molecular complexity index is 280. The summed E-state index contributed by atoms with van der Waals surface area (Å²) in [6.07, 6.45) is -0.606. The van der Waals surface area contributed by atoms with Gasteiger partial charge in [0.25, 0.3) is 0 Å². The molecule has 0 rings (SSSR count). The third-order valence-corrected chi connectivity index (χ3v) is 4.05. The minimum atomic E-state index is -0.759. The molecule has 0 aliphatic carbocycles. The molecule has 1 unspecified atom stereocenters. The number of aliphatic hydroxyl groups excluding tert-OH is 1. The van der Waals surface area contributed by atoms with E-state index in [1.807, 2.05) is 0 Å². The van der Waals surface area contributed by atoms with Crippen molar-refractivity contribution < 1.29 is 14.6 Å². The number of amides is 1. The number of ether oxygens (including phenoxy) is 1. The quantitative estimate of drug-likeness (QED) is 0.482. The maximum atomic E-state index is 11.8. The normalized spacial score (nSPS) is 18.3. The van der Waals surface area contributed by atoms with Crippen LogP contribution in [0.15, 0.2) is 0 Å². The number of rotatable bonds is 6. The van der Waals surface area contributed by atoms with Gasteiger partial charge in [0.05, 0.1) is 12.1 Å². The molecule has 0 heterocycles. The molecule has 0 radical (unpaired) electrons. The highest BCUT2D eigenvalue weighted by Crippen LogP contribution is 2.19. The van der Waals surface area contributed by atoms with Crippen LogP contribution in [0.2, 0.25) is 0 Å². The SMILES string of the molecule is CC(C[C@H](NC(=O)OC(C)(C)C)[C@@H](O)CN)[C@H](C)I. The van der Waals surface area contributed by atoms with Crippen molar-refractivity contribution in [3.05, 3.63) is 0 Å². The van der Waals surface area contributed by atoms with E-state index >= 15 is 0 Å². The highest BCUT2D eigenvalue weighted by molar-refractivity contribution is 14.1. The molecule has 0 aromatic rings. The first-order chi connectivity index (χ1) is 8.56. The van der Waals surface area contributed by atoms with Crippen LogP contribution in [0.5, 0.6) is 0 Å². The van der Waals surface area contributed by atoms with Crippen LogP contribution in [0, 0.1) is 5.92 Å². The van der Waals surface area contributed by atoms with Crippen LogP contribution in [-0.2, 0) is 4.74 Å². The predicted molar refractivity (Wildman–Crippen MR) is 85.5 cm³/mol. The number of alkyl carbamates (subject to hydrolysis) is 1. The summed E-state index contributed by atoms with van der Waals surface area (Å²) in [4.78, 5) is 11.8. The first-order valence-electron chi connectivity index (χ1n) is 6.58. The summed E-state index contributed by atoms with van der Waals surface area (Å²) >= 11 is 2.34. The molecule has 0 aromatic heterocycles. The molecule has 0 aromatic carbocycles. The molecule has 0 aliphatic rings. The zero-order valence-electron chi connectivity index (χ0n) is 12.4. The molecule has 0 bridgehead atoms. The first-order valence-corrected chi connectivity index (χ1v) is 7.83. The molecule has 114 valence electrons. The second-order valence-electron chi connectivity index (χ2n) is 5.95. The largest absolute Gasteiger partial charge is 0.444 e. The van der Waals surface area contributed by atoms with E-state index in [-0.39, 0.29) is 12.6 Å². The standard InChI is InChI=1S/C13H27IN2O3/c1-8(9(2)14)6-10(11(17)7-15)16-12(18)19-13(3,4)5/h8-11,17H,6-7,15H2,1-5H3,(H,16,18)/t8?,9-,10-,11-/m0/s1. The first kappa shape index (κ1) is 18.9. The Hall–Kier alpha value is -0.0800. The Morgan fingerprint density at radius 1 is 1.42 bits per heavy atom. The van der Waals surface area contributed by atoms with Gasteiger partial charge in [-0.05, 0) is 33.1 Å². The van der Waals surface area contributed by atoms with Gasteiger partial charge in [-0.2, -0.15) is 0 Å². The summed E-state index contributed by atoms with van der Waals surface area (Å²) in [6, 6.07) is -0.382. The van der Waals surface area contributed by atoms with Crippen molar-refractivity contribution in [1.82, 2.24) is 5.32 Å². The summed E-state index contributed by atoms with van der Waals surface area (Å²) in [5.41, 5.74) is 4.93. The van der Waals surface area contributed by atoms with E-state index in [0.717, 1.165) is 0 Å². The lowest BCUT2D eigenvalue weighted by molar-refractivity contribution is 0.0411. The number of carbonyl (C=O) groups excluding carboxylic acids is 1. The van der Waals surface area contributed by atoms with E-state index in [1.54, 1.807) is 20.8 Å². The van der Waals surface area contributed by atoms with Crippen molar-refractivity contribution in [2.75, 3.05) is 6.54 Å². The second kappa shape index (κ2) is 8.26. The molecule has 0 spiro atoms. The summed E-state index contributed by atoms with van der Waals surface area (Å²) in [5, 5.41) is 12.6. The maximum absolute atomic E-state index is 11.8. The predicted octanol–water partition coefficient (Wildman–Crippen LogP) is 2.05. The summed E-state index contributed by atoms with van der Waals surface area (Å²) in [5.74, 6) is 0.363. The molecule has 0 fully saturated rings. The lowest BCUT2D eigenvalue weighted by atomic mass is 9.96. The molecular formula is C13H27IN2O3. The van der Waals surface area contributed by atoms with E-state index in [2.05, 4.69) is 41.8 Å². The van der Waals surface area contributed by atoms with E-state index in [4.69, 9.17) is 10.5 Å². The fourth-order valence-electron chi connectivity index (χ4n) is 1.52. The average molecular weight is 386 g/mol. The van der Waals surface area contributed by atoms with Gasteiger partial charge in [-0.25, -0.2) is 4.79 Å². The van der Waals surface area contributed by atoms with Crippen LogP contribution in [0.1, 0.15) is 41.0 Å². The van der Waals surface area contributed by atoms with Gasteiger partial charge in [0.2, 0.25) is 0 Å². The lowest BCUT2D eigenvalue weighted by Crippen LogP contribution is -2.49. The van der Waals surface area contributed by atoms with E-state index in [0.29, 0.717) is 16.3 Å². The van der Waals surface area contributed by atoms with Gasteiger partial charge >= 0.3 is 6.09 Å². The van der Waals surface area contributed by atoms with E-state index < -0.39 is 17.8 Å². The zero-order chi connectivity index (χ0) is 15.2. The van der Waals surface area contributed by atoms with Crippen molar-refractivity contribution in [2.45, 2.75) is 62.7 Å². The smallest absolute Gasteiger partial charge is 0.407 e. The van der Waals surface area contributed by atoms with Crippen LogP contribution in [0.3, 0.4) is 0 Å². The number of nitrogens with one attached hydrogen (secondary N) is 1. The summed E-state index contributed by atoms with van der Waals surface area (Å²) in [6.45, 7) is 9.71. The molecule has 4 atom stereocenters. The zero-order valence-corrected chi connectivity index (χ0v) is 14.6. The molecule has 6 heteroatoms. The highest BCUT2D eigenvalue weighted by Gasteiger charge is 2.26. The highest BCUT2D eigenvalue weighted by atomic mass is 127. The van der Waals surface area contributed by atoms with E-state index in [1.165, 1.54) is 0 Å². The lowest BCUT2D eigenvalue weighted by Gasteiger charge is -2.28. The molecule has 19 heavy (non-hydrogen) atoms. The Labute approximate surface area is 129 Å². The molecule has 1 amide bonds. The van der Waals surface area contributed by atoms with Crippen LogP contribution < -0.4 is 11.1 Å². The van der Waals surface area contributed by atoms with Crippen LogP contribution in [0.25, 0.3) is 0 Å². The number of carbonyl (C=O) groups is 1. The fourth-order valence-corrected chi connectivity index (χ4v) is 1.82. The van der Waals surface area contributed by atoms with Gasteiger partial charge < -0.3 is 20.9 Å². The fraction of sp³-hybridized carbons (Fsp3) is 0.923. The van der Waals surface area contributed by atoms with Crippen LogP contribution in [0.4, 0.5) is 4.79 Å². The topological polar surface area (TPSA) is 84.6 Å². The van der Waals surface area contributed by atoms with Crippen molar-refractivity contribution in [3.8, 4) is 0 Å². The number of halogens is 1. The minimum absolute atomic E-state index is 0.114. The Kier molecular flexibility index (Phi) is 8.23. The third-order valence-electron chi connectivity index (χ3n) is 2.82. The number of hydrogen-bond acceptors (Lipinski definition) is 4. The van der Waals surface area contributed by atoms with Crippen molar-refractivity contribution in [3.63, 3.8) is 0 Å². The van der Waals surface area contributed by atoms with Crippen molar-refractivity contribution in [2.24, 2.45) is 11.7 Å². The van der Waals surface area contributed by atoms with Gasteiger partial charge in [-0.15, -0.1) is 0 Å². The Morgan fingerprint density at radius 2 is 1.95 bits per heavy atom. The van der Waals surface area contributed by atoms with Gasteiger partial charge in [0.15, 0.2) is 0 Å². The third kappa shape index (κ3) is 8.65. The number of alkyl halides is 1.